The SMILES string of the molecule is CC(C)(C)c1ccc2sc3cc4c(=O)n(OS(=O)(=O)C(F)(F)F)c(=O)c4cc3sc2c1. The van der Waals surface area contributed by atoms with Crippen LogP contribution in [0.15, 0.2) is 39.9 Å². The van der Waals surface area contributed by atoms with Crippen LogP contribution in [0.4, 0.5) is 13.2 Å². The van der Waals surface area contributed by atoms with Crippen LogP contribution in [0.25, 0.3) is 29.6 Å². The molecule has 164 valence electrons. The Morgan fingerprint density at radius 3 is 1.81 bits per heavy atom. The Morgan fingerprint density at radius 2 is 1.32 bits per heavy atom. The fraction of sp³-hybridized carbons (Fsp3) is 0.263. The van der Waals surface area contributed by atoms with Crippen LogP contribution in [0.5, 0.6) is 0 Å². The smallest absolute Gasteiger partial charge is 0.274 e. The maximum absolute atomic E-state index is 12.6. The normalized spacial score (nSPS) is 13.4. The first kappa shape index (κ1) is 21.8. The summed E-state index contributed by atoms with van der Waals surface area (Å²) >= 11 is 2.71. The van der Waals surface area contributed by atoms with Crippen molar-refractivity contribution in [3.63, 3.8) is 0 Å². The standard InChI is InChI=1S/C19H14F3NO5S3/c1-18(2,3)9-4-5-12-13(6-9)30-15-8-11-10(7-14(15)29-12)16(24)23(17(11)25)28-31(26,27)19(20,21)22/h4-8H,1-3H3. The first-order valence-electron chi connectivity index (χ1n) is 8.77. The first-order valence-corrected chi connectivity index (χ1v) is 11.8. The summed E-state index contributed by atoms with van der Waals surface area (Å²) in [7, 11) is -6.17. The molecule has 0 saturated carbocycles. The third-order valence-corrected chi connectivity index (χ3v) is 8.04. The van der Waals surface area contributed by atoms with Crippen LogP contribution in [0.3, 0.4) is 0 Å². The fourth-order valence-corrected chi connectivity index (χ4v) is 5.68. The maximum Gasteiger partial charge on any atom is 0.536 e. The van der Waals surface area contributed by atoms with Crippen molar-refractivity contribution in [3.05, 3.63) is 56.6 Å². The van der Waals surface area contributed by atoms with Crippen LogP contribution >= 0.6 is 22.7 Å². The van der Waals surface area contributed by atoms with Crippen molar-refractivity contribution in [1.82, 2.24) is 4.73 Å². The highest BCUT2D eigenvalue weighted by Gasteiger charge is 2.49. The maximum atomic E-state index is 12.6. The summed E-state index contributed by atoms with van der Waals surface area (Å²) in [6.07, 6.45) is 0. The van der Waals surface area contributed by atoms with Crippen molar-refractivity contribution in [2.24, 2.45) is 0 Å². The summed E-state index contributed by atoms with van der Waals surface area (Å²) in [5.41, 5.74) is -7.29. The van der Waals surface area contributed by atoms with E-state index in [1.807, 2.05) is 18.2 Å². The number of halogens is 3. The van der Waals surface area contributed by atoms with E-state index in [1.165, 1.54) is 34.8 Å². The Balaban J connectivity index is 1.96. The number of rotatable bonds is 2. The van der Waals surface area contributed by atoms with E-state index in [4.69, 9.17) is 0 Å². The van der Waals surface area contributed by atoms with Gasteiger partial charge in [-0.25, -0.2) is 0 Å². The van der Waals surface area contributed by atoms with E-state index in [9.17, 15) is 31.2 Å². The highest BCUT2D eigenvalue weighted by molar-refractivity contribution is 7.87. The lowest BCUT2D eigenvalue weighted by Gasteiger charge is -2.19. The number of nitrogens with zero attached hydrogens (tertiary/aromatic N) is 1. The molecule has 12 heteroatoms. The first-order chi connectivity index (χ1) is 14.2. The van der Waals surface area contributed by atoms with Gasteiger partial charge in [-0.3, -0.25) is 13.9 Å². The monoisotopic (exact) mass is 489 g/mol. The van der Waals surface area contributed by atoms with Crippen LogP contribution in [-0.4, -0.2) is 18.7 Å². The minimum absolute atomic E-state index is 0.0807. The van der Waals surface area contributed by atoms with Gasteiger partial charge in [-0.15, -0.1) is 22.7 Å². The summed E-state index contributed by atoms with van der Waals surface area (Å²) < 4.78 is 67.0. The molecule has 2 aromatic heterocycles. The molecule has 0 aliphatic heterocycles. The number of hydrogen-bond acceptors (Lipinski definition) is 7. The molecule has 0 spiro atoms. The topological polar surface area (TPSA) is 82.4 Å². The van der Waals surface area contributed by atoms with Gasteiger partial charge in [-0.2, -0.15) is 21.6 Å². The van der Waals surface area contributed by atoms with Crippen LogP contribution in [-0.2, 0) is 15.5 Å². The number of alkyl halides is 3. The molecule has 0 atom stereocenters. The molecule has 4 rings (SSSR count). The van der Waals surface area contributed by atoms with Crippen molar-refractivity contribution in [2.75, 3.05) is 0 Å². The fourth-order valence-electron chi connectivity index (χ4n) is 2.97. The summed E-state index contributed by atoms with van der Waals surface area (Å²) in [6.45, 7) is 6.22. The predicted molar refractivity (Wildman–Crippen MR) is 115 cm³/mol. The number of fused-ring (bicyclic) bond motifs is 3. The molecular formula is C19H14F3NO5S3. The van der Waals surface area contributed by atoms with Gasteiger partial charge < -0.3 is 0 Å². The van der Waals surface area contributed by atoms with Crippen molar-refractivity contribution < 1.29 is 25.9 Å². The molecule has 0 N–H and O–H groups in total. The molecule has 2 aromatic carbocycles. The molecule has 2 heterocycles. The average Bonchev–Trinajstić information content (AvgIpc) is 2.86. The molecule has 31 heavy (non-hydrogen) atoms. The Kier molecular flexibility index (Phi) is 4.76. The summed E-state index contributed by atoms with van der Waals surface area (Å²) in [6, 6.07) is 8.71. The van der Waals surface area contributed by atoms with Crippen LogP contribution < -0.4 is 15.4 Å². The molecule has 0 bridgehead atoms. The lowest BCUT2D eigenvalue weighted by molar-refractivity contribution is -0.0550. The molecule has 0 saturated heterocycles. The Bertz CT molecular complexity index is 1590. The van der Waals surface area contributed by atoms with Crippen molar-refractivity contribution in [1.29, 1.82) is 0 Å². The largest absolute Gasteiger partial charge is 0.536 e. The Morgan fingerprint density at radius 1 is 0.839 bits per heavy atom. The summed E-state index contributed by atoms with van der Waals surface area (Å²) in [5.74, 6) is 0. The van der Waals surface area contributed by atoms with Gasteiger partial charge in [-0.05, 0) is 35.2 Å². The molecule has 6 nitrogen and oxygen atoms in total. The molecule has 0 amide bonds. The van der Waals surface area contributed by atoms with Gasteiger partial charge in [-0.1, -0.05) is 31.6 Å². The van der Waals surface area contributed by atoms with Gasteiger partial charge in [0.25, 0.3) is 11.1 Å². The van der Waals surface area contributed by atoms with Gasteiger partial charge in [0.2, 0.25) is 0 Å². The number of aromatic nitrogens is 1. The van der Waals surface area contributed by atoms with E-state index in [-0.39, 0.29) is 20.9 Å². The molecule has 0 aliphatic carbocycles. The summed E-state index contributed by atoms with van der Waals surface area (Å²) in [4.78, 5) is 24.9. The minimum Gasteiger partial charge on any atom is -0.274 e. The predicted octanol–water partition coefficient (Wildman–Crippen LogP) is 4.37. The van der Waals surface area contributed by atoms with E-state index in [1.54, 1.807) is 0 Å². The highest BCUT2D eigenvalue weighted by Crippen LogP contribution is 2.36. The van der Waals surface area contributed by atoms with Gasteiger partial charge in [0, 0.05) is 18.8 Å². The van der Waals surface area contributed by atoms with E-state index in [0.717, 1.165) is 15.0 Å². The van der Waals surface area contributed by atoms with Crippen LogP contribution in [0.1, 0.15) is 26.3 Å². The molecular weight excluding hydrogens is 475 g/mol. The van der Waals surface area contributed by atoms with Crippen molar-refractivity contribution >= 4 is 62.4 Å². The lowest BCUT2D eigenvalue weighted by atomic mass is 9.87. The minimum atomic E-state index is -6.17. The highest BCUT2D eigenvalue weighted by atomic mass is 32.2. The second-order valence-electron chi connectivity index (χ2n) is 7.84. The molecule has 4 aromatic rings. The number of benzene rings is 2. The second kappa shape index (κ2) is 6.78. The van der Waals surface area contributed by atoms with E-state index in [2.05, 4.69) is 25.1 Å². The zero-order chi connectivity index (χ0) is 22.9. The summed E-state index contributed by atoms with van der Waals surface area (Å²) in [5, 5.41) is -0.436. The Hall–Kier alpha value is -2.44. The van der Waals surface area contributed by atoms with E-state index in [0.29, 0.717) is 9.40 Å². The van der Waals surface area contributed by atoms with Gasteiger partial charge >= 0.3 is 15.6 Å². The molecule has 0 unspecified atom stereocenters. The third kappa shape index (κ3) is 3.62. The van der Waals surface area contributed by atoms with Crippen LogP contribution in [0.2, 0.25) is 0 Å². The van der Waals surface area contributed by atoms with Crippen molar-refractivity contribution in [3.8, 4) is 0 Å². The van der Waals surface area contributed by atoms with E-state index < -0.39 is 26.7 Å². The Labute approximate surface area is 181 Å². The molecule has 0 radical (unpaired) electrons. The van der Waals surface area contributed by atoms with Crippen LogP contribution in [0, 0.1) is 0 Å². The average molecular weight is 490 g/mol. The third-order valence-electron chi connectivity index (χ3n) is 4.62. The van der Waals surface area contributed by atoms with Gasteiger partial charge in [0.1, 0.15) is 0 Å². The molecule has 0 fully saturated rings. The van der Waals surface area contributed by atoms with Gasteiger partial charge in [0.05, 0.1) is 10.8 Å². The quantitative estimate of drug-likeness (QED) is 0.309. The van der Waals surface area contributed by atoms with Crippen molar-refractivity contribution in [2.45, 2.75) is 31.7 Å². The second-order valence-corrected chi connectivity index (χ2v) is 11.5. The lowest BCUT2D eigenvalue weighted by Crippen LogP contribution is -2.41. The van der Waals surface area contributed by atoms with E-state index >= 15 is 0 Å². The number of hydrogen-bond donors (Lipinski definition) is 0. The van der Waals surface area contributed by atoms with Gasteiger partial charge in [0.15, 0.2) is 0 Å². The zero-order valence-electron chi connectivity index (χ0n) is 16.2. The molecule has 0 aliphatic rings. The zero-order valence-corrected chi connectivity index (χ0v) is 18.7.